The van der Waals surface area contributed by atoms with E-state index < -0.39 is 0 Å². The molecular weight excluding hydrogens is 176 g/mol. The Bertz CT molecular complexity index is 230. The van der Waals surface area contributed by atoms with E-state index in [1.54, 1.807) is 0 Å². The summed E-state index contributed by atoms with van der Waals surface area (Å²) in [5, 5.41) is 11.7. The highest BCUT2D eigenvalue weighted by Crippen LogP contribution is 2.31. The summed E-state index contributed by atoms with van der Waals surface area (Å²) in [7, 11) is 0. The molecule has 0 aromatic rings. The second-order valence-corrected chi connectivity index (χ2v) is 4.14. The number of amides is 1. The average molecular weight is 196 g/mol. The van der Waals surface area contributed by atoms with Crippen LogP contribution >= 0.6 is 0 Å². The Kier molecular flexibility index (Phi) is 5.22. The number of hydrogen-bond acceptors (Lipinski definition) is 2. The van der Waals surface area contributed by atoms with Crippen molar-refractivity contribution >= 4 is 5.91 Å². The first-order valence-corrected chi connectivity index (χ1v) is 5.14. The van der Waals surface area contributed by atoms with E-state index in [0.29, 0.717) is 19.4 Å². The molecule has 3 heteroatoms. The molecule has 1 unspecified atom stereocenters. The van der Waals surface area contributed by atoms with Crippen LogP contribution in [0.5, 0.6) is 0 Å². The van der Waals surface area contributed by atoms with Gasteiger partial charge >= 0.3 is 0 Å². The molecule has 14 heavy (non-hydrogen) atoms. The van der Waals surface area contributed by atoms with E-state index >= 15 is 0 Å². The summed E-state index contributed by atoms with van der Waals surface area (Å²) in [6.45, 7) is 8.49. The SMILES string of the molecule is CCNC(=O)CCC(C)(C#N)C(C)C. The summed E-state index contributed by atoms with van der Waals surface area (Å²) >= 11 is 0. The van der Waals surface area contributed by atoms with Crippen molar-refractivity contribution in [1.82, 2.24) is 5.32 Å². The van der Waals surface area contributed by atoms with Gasteiger partial charge in [-0.2, -0.15) is 5.26 Å². The van der Waals surface area contributed by atoms with E-state index in [9.17, 15) is 4.79 Å². The van der Waals surface area contributed by atoms with Gasteiger partial charge in [0.05, 0.1) is 11.5 Å². The fourth-order valence-electron chi connectivity index (χ4n) is 1.13. The van der Waals surface area contributed by atoms with Gasteiger partial charge in [0.25, 0.3) is 0 Å². The zero-order valence-corrected chi connectivity index (χ0v) is 9.55. The van der Waals surface area contributed by atoms with Crippen molar-refractivity contribution in [2.45, 2.75) is 40.5 Å². The number of nitriles is 1. The number of nitrogens with zero attached hydrogens (tertiary/aromatic N) is 1. The van der Waals surface area contributed by atoms with Crippen molar-refractivity contribution < 1.29 is 4.79 Å². The minimum absolute atomic E-state index is 0.0367. The lowest BCUT2D eigenvalue weighted by molar-refractivity contribution is -0.121. The van der Waals surface area contributed by atoms with E-state index in [1.807, 2.05) is 27.7 Å². The van der Waals surface area contributed by atoms with Gasteiger partial charge in [-0.15, -0.1) is 0 Å². The lowest BCUT2D eigenvalue weighted by Crippen LogP contribution is -2.27. The van der Waals surface area contributed by atoms with Gasteiger partial charge in [-0.25, -0.2) is 0 Å². The number of rotatable bonds is 5. The first-order chi connectivity index (χ1) is 6.46. The lowest BCUT2D eigenvalue weighted by Gasteiger charge is -2.25. The van der Waals surface area contributed by atoms with Gasteiger partial charge in [0.2, 0.25) is 5.91 Å². The Morgan fingerprint density at radius 1 is 1.57 bits per heavy atom. The zero-order chi connectivity index (χ0) is 11.2. The minimum atomic E-state index is -0.384. The molecular formula is C11H20N2O. The third-order valence-corrected chi connectivity index (χ3v) is 2.78. The second-order valence-electron chi connectivity index (χ2n) is 4.14. The molecule has 0 aliphatic heterocycles. The number of hydrogen-bond donors (Lipinski definition) is 1. The van der Waals surface area contributed by atoms with Gasteiger partial charge < -0.3 is 5.32 Å². The minimum Gasteiger partial charge on any atom is -0.356 e. The van der Waals surface area contributed by atoms with Crippen molar-refractivity contribution in [3.63, 3.8) is 0 Å². The topological polar surface area (TPSA) is 52.9 Å². The van der Waals surface area contributed by atoms with Gasteiger partial charge in [-0.1, -0.05) is 13.8 Å². The Hall–Kier alpha value is -1.04. The van der Waals surface area contributed by atoms with Crippen LogP contribution in [0.4, 0.5) is 0 Å². The summed E-state index contributed by atoms with van der Waals surface area (Å²) in [6.07, 6.45) is 1.07. The molecule has 0 radical (unpaired) electrons. The van der Waals surface area contributed by atoms with E-state index in [1.165, 1.54) is 0 Å². The van der Waals surface area contributed by atoms with Gasteiger partial charge in [0, 0.05) is 13.0 Å². The lowest BCUT2D eigenvalue weighted by atomic mass is 9.77. The summed E-state index contributed by atoms with van der Waals surface area (Å²) in [5.41, 5.74) is -0.384. The van der Waals surface area contributed by atoms with Crippen LogP contribution in [0, 0.1) is 22.7 Å². The predicted molar refractivity (Wildman–Crippen MR) is 56.5 cm³/mol. The molecule has 1 amide bonds. The molecule has 80 valence electrons. The molecule has 3 nitrogen and oxygen atoms in total. The summed E-state index contributed by atoms with van der Waals surface area (Å²) in [6, 6.07) is 2.30. The largest absolute Gasteiger partial charge is 0.356 e. The van der Waals surface area contributed by atoms with Crippen LogP contribution in [0.3, 0.4) is 0 Å². The molecule has 1 atom stereocenters. The Morgan fingerprint density at radius 2 is 2.14 bits per heavy atom. The average Bonchev–Trinajstić information content (AvgIpc) is 2.14. The van der Waals surface area contributed by atoms with E-state index in [2.05, 4.69) is 11.4 Å². The second kappa shape index (κ2) is 5.64. The zero-order valence-electron chi connectivity index (χ0n) is 9.55. The van der Waals surface area contributed by atoms with Crippen LogP contribution < -0.4 is 5.32 Å². The van der Waals surface area contributed by atoms with Crippen molar-refractivity contribution in [2.24, 2.45) is 11.3 Å². The maximum Gasteiger partial charge on any atom is 0.220 e. The molecule has 0 heterocycles. The van der Waals surface area contributed by atoms with E-state index in [0.717, 1.165) is 0 Å². The third-order valence-electron chi connectivity index (χ3n) is 2.78. The first-order valence-electron chi connectivity index (χ1n) is 5.14. The Balaban J connectivity index is 4.10. The highest BCUT2D eigenvalue weighted by molar-refractivity contribution is 5.75. The van der Waals surface area contributed by atoms with Gasteiger partial charge in [-0.05, 0) is 26.2 Å². The quantitative estimate of drug-likeness (QED) is 0.732. The van der Waals surface area contributed by atoms with Crippen molar-refractivity contribution in [1.29, 1.82) is 5.26 Å². The fraction of sp³-hybridized carbons (Fsp3) is 0.818. The first kappa shape index (κ1) is 13.0. The maximum absolute atomic E-state index is 11.2. The number of carbonyl (C=O) groups is 1. The van der Waals surface area contributed by atoms with Crippen LogP contribution in [0.1, 0.15) is 40.5 Å². The Morgan fingerprint density at radius 3 is 2.50 bits per heavy atom. The molecule has 0 aromatic heterocycles. The van der Waals surface area contributed by atoms with Crippen LogP contribution in [-0.2, 0) is 4.79 Å². The molecule has 1 N–H and O–H groups in total. The van der Waals surface area contributed by atoms with Crippen LogP contribution in [0.25, 0.3) is 0 Å². The Labute approximate surface area is 86.5 Å². The highest BCUT2D eigenvalue weighted by Gasteiger charge is 2.28. The molecule has 0 aromatic carbocycles. The van der Waals surface area contributed by atoms with E-state index in [-0.39, 0.29) is 17.2 Å². The molecule has 0 saturated heterocycles. The monoisotopic (exact) mass is 196 g/mol. The maximum atomic E-state index is 11.2. The predicted octanol–water partition coefficient (Wildman–Crippen LogP) is 2.09. The van der Waals surface area contributed by atoms with Gasteiger partial charge in [-0.3, -0.25) is 4.79 Å². The normalized spacial score (nSPS) is 14.6. The van der Waals surface area contributed by atoms with Gasteiger partial charge in [0.1, 0.15) is 0 Å². The van der Waals surface area contributed by atoms with Crippen molar-refractivity contribution in [2.75, 3.05) is 6.54 Å². The number of carbonyl (C=O) groups excluding carboxylic acids is 1. The van der Waals surface area contributed by atoms with Gasteiger partial charge in [0.15, 0.2) is 0 Å². The molecule has 0 aliphatic rings. The molecule has 0 aliphatic carbocycles. The van der Waals surface area contributed by atoms with Crippen LogP contribution in [0.2, 0.25) is 0 Å². The van der Waals surface area contributed by atoms with Crippen molar-refractivity contribution in [3.05, 3.63) is 0 Å². The highest BCUT2D eigenvalue weighted by atomic mass is 16.1. The smallest absolute Gasteiger partial charge is 0.220 e. The van der Waals surface area contributed by atoms with Crippen molar-refractivity contribution in [3.8, 4) is 6.07 Å². The van der Waals surface area contributed by atoms with E-state index in [4.69, 9.17) is 5.26 Å². The molecule has 0 fully saturated rings. The molecule has 0 saturated carbocycles. The van der Waals surface area contributed by atoms with Crippen LogP contribution in [-0.4, -0.2) is 12.5 Å². The summed E-state index contributed by atoms with van der Waals surface area (Å²) in [5.74, 6) is 0.316. The summed E-state index contributed by atoms with van der Waals surface area (Å²) < 4.78 is 0. The fourth-order valence-corrected chi connectivity index (χ4v) is 1.13. The molecule has 0 rings (SSSR count). The number of nitrogens with one attached hydrogen (secondary N) is 1. The van der Waals surface area contributed by atoms with Crippen LogP contribution in [0.15, 0.2) is 0 Å². The summed E-state index contributed by atoms with van der Waals surface area (Å²) in [4.78, 5) is 11.2. The standard InChI is InChI=1S/C11H20N2O/c1-5-13-10(14)6-7-11(4,8-12)9(2)3/h9H,5-7H2,1-4H3,(H,13,14). The molecule has 0 spiro atoms. The molecule has 0 bridgehead atoms. The third kappa shape index (κ3) is 3.78.